The quantitative estimate of drug-likeness (QED) is 0.659. The summed E-state index contributed by atoms with van der Waals surface area (Å²) in [5.74, 6) is 2.80. The summed E-state index contributed by atoms with van der Waals surface area (Å²) >= 11 is 0. The molecule has 5 heteroatoms. The molecule has 4 aliphatic rings. The molecule has 0 unspecified atom stereocenters. The number of phenolic OH excluding ortho intramolecular Hbond substituents is 1. The molecule has 0 radical (unpaired) electrons. The molecule has 0 atom stereocenters. The zero-order valence-electron chi connectivity index (χ0n) is 14.0. The van der Waals surface area contributed by atoms with Gasteiger partial charge in [-0.3, -0.25) is 4.79 Å². The molecule has 128 valence electrons. The minimum absolute atomic E-state index is 0.0867. The summed E-state index contributed by atoms with van der Waals surface area (Å²) in [4.78, 5) is 12.8. The molecule has 0 saturated heterocycles. The van der Waals surface area contributed by atoms with Gasteiger partial charge in [-0.25, -0.2) is 5.43 Å². The molecule has 0 spiro atoms. The summed E-state index contributed by atoms with van der Waals surface area (Å²) in [5, 5.41) is 13.7. The van der Waals surface area contributed by atoms with Crippen LogP contribution in [0.5, 0.6) is 11.5 Å². The molecule has 5 rings (SSSR count). The van der Waals surface area contributed by atoms with Crippen LogP contribution in [0.4, 0.5) is 0 Å². The van der Waals surface area contributed by atoms with Crippen molar-refractivity contribution in [1.82, 2.24) is 5.43 Å². The number of carbonyl (C=O) groups is 1. The molecule has 0 aliphatic heterocycles. The molecule has 1 amide bonds. The van der Waals surface area contributed by atoms with Gasteiger partial charge in [0.15, 0.2) is 11.5 Å². The summed E-state index contributed by atoms with van der Waals surface area (Å²) in [6, 6.07) is 4.98. The van der Waals surface area contributed by atoms with Crippen LogP contribution in [0.15, 0.2) is 23.3 Å². The third kappa shape index (κ3) is 2.66. The molecule has 0 heterocycles. The number of nitrogens with one attached hydrogen (secondary N) is 1. The SMILES string of the molecule is COc1cc(/C=N\NC(=O)C23CC4CC(CC(C4)C2)C3)ccc1O. The van der Waals surface area contributed by atoms with Crippen molar-refractivity contribution in [2.24, 2.45) is 28.3 Å². The van der Waals surface area contributed by atoms with Crippen molar-refractivity contribution in [3.63, 3.8) is 0 Å². The van der Waals surface area contributed by atoms with Gasteiger partial charge in [-0.15, -0.1) is 0 Å². The van der Waals surface area contributed by atoms with Crippen LogP contribution in [0.2, 0.25) is 0 Å². The van der Waals surface area contributed by atoms with Crippen molar-refractivity contribution in [2.75, 3.05) is 7.11 Å². The molecule has 0 aromatic heterocycles. The van der Waals surface area contributed by atoms with Crippen molar-refractivity contribution < 1.29 is 14.6 Å². The molecule has 2 N–H and O–H groups in total. The second-order valence-electron chi connectivity index (χ2n) is 7.83. The Bertz CT molecular complexity index is 648. The van der Waals surface area contributed by atoms with Crippen molar-refractivity contribution >= 4 is 12.1 Å². The van der Waals surface area contributed by atoms with Gasteiger partial charge in [0.1, 0.15) is 0 Å². The van der Waals surface area contributed by atoms with E-state index < -0.39 is 0 Å². The second kappa shape index (κ2) is 5.80. The Morgan fingerprint density at radius 2 is 1.88 bits per heavy atom. The molecular weight excluding hydrogens is 304 g/mol. The number of hydrogen-bond donors (Lipinski definition) is 2. The normalized spacial score (nSPS) is 33.8. The van der Waals surface area contributed by atoms with Crippen LogP contribution in [-0.2, 0) is 4.79 Å². The molecule has 4 saturated carbocycles. The van der Waals surface area contributed by atoms with E-state index in [2.05, 4.69) is 10.5 Å². The number of ether oxygens (including phenoxy) is 1. The number of hydrazone groups is 1. The van der Waals surface area contributed by atoms with Crippen LogP contribution in [0.1, 0.15) is 44.1 Å². The third-order valence-corrected chi connectivity index (χ3v) is 6.10. The van der Waals surface area contributed by atoms with Gasteiger partial charge in [0.05, 0.1) is 18.7 Å². The first-order valence-corrected chi connectivity index (χ1v) is 8.78. The zero-order chi connectivity index (χ0) is 16.7. The predicted molar refractivity (Wildman–Crippen MR) is 91.0 cm³/mol. The number of aromatic hydroxyl groups is 1. The van der Waals surface area contributed by atoms with E-state index in [0.29, 0.717) is 5.75 Å². The number of methoxy groups -OCH3 is 1. The van der Waals surface area contributed by atoms with E-state index >= 15 is 0 Å². The summed E-state index contributed by atoms with van der Waals surface area (Å²) in [6.45, 7) is 0. The first kappa shape index (κ1) is 15.5. The van der Waals surface area contributed by atoms with Gasteiger partial charge in [-0.2, -0.15) is 5.10 Å². The largest absolute Gasteiger partial charge is 0.504 e. The maximum Gasteiger partial charge on any atom is 0.246 e. The van der Waals surface area contributed by atoms with E-state index in [1.807, 2.05) is 0 Å². The standard InChI is InChI=1S/C19H24N2O3/c1-24-17-7-12(2-3-16(17)22)11-20-21-18(23)19-8-13-4-14(9-19)6-15(5-13)10-19/h2-3,7,11,13-15,22H,4-6,8-10H2,1H3,(H,21,23)/b20-11-. The van der Waals surface area contributed by atoms with Gasteiger partial charge in [0.2, 0.25) is 5.91 Å². The van der Waals surface area contributed by atoms with E-state index in [9.17, 15) is 9.90 Å². The lowest BCUT2D eigenvalue weighted by Gasteiger charge is -2.55. The molecule has 4 aliphatic carbocycles. The summed E-state index contributed by atoms with van der Waals surface area (Å²) in [6.07, 6.45) is 8.67. The van der Waals surface area contributed by atoms with Crippen LogP contribution in [0.3, 0.4) is 0 Å². The monoisotopic (exact) mass is 328 g/mol. The fraction of sp³-hybridized carbons (Fsp3) is 0.579. The maximum atomic E-state index is 12.8. The minimum Gasteiger partial charge on any atom is -0.504 e. The average Bonchev–Trinajstić information content (AvgIpc) is 2.55. The topological polar surface area (TPSA) is 70.9 Å². The second-order valence-corrected chi connectivity index (χ2v) is 7.83. The molecular formula is C19H24N2O3. The maximum absolute atomic E-state index is 12.8. The van der Waals surface area contributed by atoms with Gasteiger partial charge in [0, 0.05) is 0 Å². The van der Waals surface area contributed by atoms with Gasteiger partial charge in [-0.1, -0.05) is 0 Å². The number of benzene rings is 1. The van der Waals surface area contributed by atoms with Crippen LogP contribution in [0.25, 0.3) is 0 Å². The Morgan fingerprint density at radius 3 is 2.46 bits per heavy atom. The van der Waals surface area contributed by atoms with Crippen LogP contribution < -0.4 is 10.2 Å². The van der Waals surface area contributed by atoms with Crippen molar-refractivity contribution in [2.45, 2.75) is 38.5 Å². The summed E-state index contributed by atoms with van der Waals surface area (Å²) in [5.41, 5.74) is 3.36. The fourth-order valence-corrected chi connectivity index (χ4v) is 5.45. The molecule has 5 nitrogen and oxygen atoms in total. The van der Waals surface area contributed by atoms with E-state index in [1.165, 1.54) is 26.4 Å². The molecule has 24 heavy (non-hydrogen) atoms. The lowest BCUT2D eigenvalue weighted by molar-refractivity contribution is -0.146. The number of amides is 1. The minimum atomic E-state index is -0.182. The zero-order valence-corrected chi connectivity index (χ0v) is 14.0. The first-order chi connectivity index (χ1) is 11.6. The predicted octanol–water partition coefficient (Wildman–Crippen LogP) is 3.07. The van der Waals surface area contributed by atoms with Crippen molar-refractivity contribution in [3.8, 4) is 11.5 Å². The number of hydrogen-bond acceptors (Lipinski definition) is 4. The third-order valence-electron chi connectivity index (χ3n) is 6.10. The Balaban J connectivity index is 1.43. The number of nitrogens with zero attached hydrogens (tertiary/aromatic N) is 1. The average molecular weight is 328 g/mol. The Hall–Kier alpha value is -2.04. The van der Waals surface area contributed by atoms with Gasteiger partial charge >= 0.3 is 0 Å². The van der Waals surface area contributed by atoms with E-state index in [1.54, 1.807) is 24.4 Å². The summed E-state index contributed by atoms with van der Waals surface area (Å²) in [7, 11) is 1.50. The van der Waals surface area contributed by atoms with E-state index in [4.69, 9.17) is 4.74 Å². The Morgan fingerprint density at radius 1 is 1.25 bits per heavy atom. The van der Waals surface area contributed by atoms with Crippen LogP contribution >= 0.6 is 0 Å². The lowest BCUT2D eigenvalue weighted by atomic mass is 9.49. The summed E-state index contributed by atoms with van der Waals surface area (Å²) < 4.78 is 5.08. The van der Waals surface area contributed by atoms with Gasteiger partial charge in [0.25, 0.3) is 0 Å². The highest BCUT2D eigenvalue weighted by atomic mass is 16.5. The molecule has 4 bridgehead atoms. The van der Waals surface area contributed by atoms with Gasteiger partial charge < -0.3 is 9.84 Å². The lowest BCUT2D eigenvalue weighted by Crippen LogP contribution is -2.52. The highest BCUT2D eigenvalue weighted by molar-refractivity contribution is 5.86. The Labute approximate surface area is 142 Å². The molecule has 1 aromatic rings. The number of rotatable bonds is 4. The van der Waals surface area contributed by atoms with Crippen molar-refractivity contribution in [1.29, 1.82) is 0 Å². The first-order valence-electron chi connectivity index (χ1n) is 8.78. The van der Waals surface area contributed by atoms with Crippen LogP contribution in [-0.4, -0.2) is 24.3 Å². The Kier molecular flexibility index (Phi) is 3.74. The fourth-order valence-electron chi connectivity index (χ4n) is 5.45. The number of carbonyl (C=O) groups excluding carboxylic acids is 1. The molecule has 1 aromatic carbocycles. The molecule has 4 fully saturated rings. The highest BCUT2D eigenvalue weighted by Crippen LogP contribution is 2.60. The van der Waals surface area contributed by atoms with Gasteiger partial charge in [-0.05, 0) is 80.0 Å². The van der Waals surface area contributed by atoms with Crippen molar-refractivity contribution in [3.05, 3.63) is 23.8 Å². The van der Waals surface area contributed by atoms with E-state index in [0.717, 1.165) is 42.6 Å². The number of phenols is 1. The smallest absolute Gasteiger partial charge is 0.246 e. The van der Waals surface area contributed by atoms with Crippen LogP contribution in [0, 0.1) is 23.2 Å². The highest BCUT2D eigenvalue weighted by Gasteiger charge is 2.54. The van der Waals surface area contributed by atoms with E-state index in [-0.39, 0.29) is 17.1 Å².